The Morgan fingerprint density at radius 3 is 2.58 bits per heavy atom. The average molecular weight is 334 g/mol. The van der Waals surface area contributed by atoms with Gasteiger partial charge in [-0.05, 0) is 57.7 Å². The average Bonchev–Trinajstić information content (AvgIpc) is 2.97. The van der Waals surface area contributed by atoms with Crippen molar-refractivity contribution in [3.8, 4) is 5.75 Å². The van der Waals surface area contributed by atoms with Gasteiger partial charge in [0.1, 0.15) is 17.4 Å². The second kappa shape index (κ2) is 7.55. The number of ether oxygens (including phenoxy) is 1. The van der Waals surface area contributed by atoms with E-state index in [9.17, 15) is 14.7 Å². The molecule has 0 saturated carbocycles. The van der Waals surface area contributed by atoms with E-state index in [0.29, 0.717) is 25.9 Å². The summed E-state index contributed by atoms with van der Waals surface area (Å²) in [7, 11) is 0. The predicted octanol–water partition coefficient (Wildman–Crippen LogP) is 2.45. The number of hydrogen-bond donors (Lipinski definition) is 2. The molecule has 1 heterocycles. The first-order valence-corrected chi connectivity index (χ1v) is 8.31. The normalized spacial score (nSPS) is 17.6. The second-order valence-electron chi connectivity index (χ2n) is 7.04. The molecule has 1 aromatic carbocycles. The summed E-state index contributed by atoms with van der Waals surface area (Å²) in [5, 5.41) is 12.1. The predicted molar refractivity (Wildman–Crippen MR) is 90.8 cm³/mol. The third-order valence-corrected chi connectivity index (χ3v) is 3.83. The summed E-state index contributed by atoms with van der Waals surface area (Å²) in [6, 6.07) is 6.44. The van der Waals surface area contributed by atoms with Gasteiger partial charge in [-0.1, -0.05) is 12.1 Å². The molecule has 1 aliphatic rings. The molecule has 6 nitrogen and oxygen atoms in total. The minimum Gasteiger partial charge on any atom is -0.508 e. The van der Waals surface area contributed by atoms with Crippen LogP contribution in [0.4, 0.5) is 4.79 Å². The number of nitrogens with zero attached hydrogens (tertiary/aromatic N) is 1. The number of likely N-dealkylation sites (tertiary alicyclic amines) is 1. The Morgan fingerprint density at radius 2 is 1.96 bits per heavy atom. The lowest BCUT2D eigenvalue weighted by Gasteiger charge is -2.28. The molecule has 2 rings (SSSR count). The Hall–Kier alpha value is -2.24. The third kappa shape index (κ3) is 5.15. The molecule has 1 aromatic rings. The fourth-order valence-corrected chi connectivity index (χ4v) is 2.69. The number of phenolic OH excluding ortho intramolecular Hbond substituents is 1. The van der Waals surface area contributed by atoms with Crippen molar-refractivity contribution in [2.45, 2.75) is 51.7 Å². The summed E-state index contributed by atoms with van der Waals surface area (Å²) in [4.78, 5) is 26.1. The number of nitrogens with one attached hydrogen (secondary N) is 1. The number of carbonyl (C=O) groups is 2. The van der Waals surface area contributed by atoms with Crippen LogP contribution in [0.2, 0.25) is 0 Å². The Labute approximate surface area is 142 Å². The first-order chi connectivity index (χ1) is 11.3. The zero-order valence-corrected chi connectivity index (χ0v) is 14.5. The van der Waals surface area contributed by atoms with E-state index in [4.69, 9.17) is 4.74 Å². The Bertz CT molecular complexity index is 578. The van der Waals surface area contributed by atoms with E-state index in [0.717, 1.165) is 12.0 Å². The number of phenols is 1. The third-order valence-electron chi connectivity index (χ3n) is 3.83. The van der Waals surface area contributed by atoms with Crippen molar-refractivity contribution in [3.05, 3.63) is 29.8 Å². The highest BCUT2D eigenvalue weighted by Crippen LogP contribution is 2.21. The van der Waals surface area contributed by atoms with Crippen molar-refractivity contribution in [1.82, 2.24) is 10.2 Å². The van der Waals surface area contributed by atoms with Crippen molar-refractivity contribution in [2.75, 3.05) is 13.1 Å². The molecule has 0 spiro atoms. The monoisotopic (exact) mass is 334 g/mol. The lowest BCUT2D eigenvalue weighted by molar-refractivity contribution is -0.125. The van der Waals surface area contributed by atoms with Gasteiger partial charge in [-0.15, -0.1) is 0 Å². The first kappa shape index (κ1) is 18.1. The van der Waals surface area contributed by atoms with Crippen molar-refractivity contribution in [1.29, 1.82) is 0 Å². The van der Waals surface area contributed by atoms with Gasteiger partial charge in [-0.25, -0.2) is 4.79 Å². The maximum absolute atomic E-state index is 12.4. The maximum atomic E-state index is 12.4. The summed E-state index contributed by atoms with van der Waals surface area (Å²) in [6.45, 7) is 6.47. The highest BCUT2D eigenvalue weighted by Gasteiger charge is 2.36. The van der Waals surface area contributed by atoms with Gasteiger partial charge in [0.2, 0.25) is 5.91 Å². The maximum Gasteiger partial charge on any atom is 0.410 e. The molecule has 1 saturated heterocycles. The number of amides is 2. The van der Waals surface area contributed by atoms with Crippen molar-refractivity contribution >= 4 is 12.0 Å². The minimum atomic E-state index is -0.570. The van der Waals surface area contributed by atoms with Crippen LogP contribution in [0, 0.1) is 0 Å². The molecule has 24 heavy (non-hydrogen) atoms. The Morgan fingerprint density at radius 1 is 1.29 bits per heavy atom. The van der Waals surface area contributed by atoms with Crippen LogP contribution >= 0.6 is 0 Å². The van der Waals surface area contributed by atoms with E-state index in [-0.39, 0.29) is 11.7 Å². The van der Waals surface area contributed by atoms with Crippen molar-refractivity contribution in [3.63, 3.8) is 0 Å². The molecule has 0 radical (unpaired) electrons. The zero-order chi connectivity index (χ0) is 17.7. The molecule has 1 atom stereocenters. The molecule has 1 fully saturated rings. The lowest BCUT2D eigenvalue weighted by Crippen LogP contribution is -2.47. The van der Waals surface area contributed by atoms with Crippen LogP contribution in [0.15, 0.2) is 24.3 Å². The smallest absolute Gasteiger partial charge is 0.410 e. The highest BCUT2D eigenvalue weighted by molar-refractivity contribution is 5.86. The topological polar surface area (TPSA) is 78.9 Å². The van der Waals surface area contributed by atoms with Gasteiger partial charge in [0.25, 0.3) is 0 Å². The van der Waals surface area contributed by atoms with Gasteiger partial charge >= 0.3 is 6.09 Å². The first-order valence-electron chi connectivity index (χ1n) is 8.31. The van der Waals surface area contributed by atoms with E-state index >= 15 is 0 Å². The van der Waals surface area contributed by atoms with Crippen LogP contribution in [0.3, 0.4) is 0 Å². The lowest BCUT2D eigenvalue weighted by atomic mass is 10.1. The number of carbonyl (C=O) groups excluding carboxylic acids is 2. The Balaban J connectivity index is 1.84. The molecule has 0 bridgehead atoms. The molecular weight excluding hydrogens is 308 g/mol. The summed E-state index contributed by atoms with van der Waals surface area (Å²) in [5.74, 6) is 0.0823. The van der Waals surface area contributed by atoms with Crippen molar-refractivity contribution < 1.29 is 19.4 Å². The van der Waals surface area contributed by atoms with Gasteiger partial charge in [-0.2, -0.15) is 0 Å². The molecule has 2 amide bonds. The van der Waals surface area contributed by atoms with Crippen LogP contribution < -0.4 is 5.32 Å². The molecule has 1 unspecified atom stereocenters. The zero-order valence-electron chi connectivity index (χ0n) is 14.5. The summed E-state index contributed by atoms with van der Waals surface area (Å²) < 4.78 is 5.37. The van der Waals surface area contributed by atoms with Crippen LogP contribution in [-0.2, 0) is 16.0 Å². The number of rotatable bonds is 4. The van der Waals surface area contributed by atoms with Crippen LogP contribution in [-0.4, -0.2) is 46.7 Å². The van der Waals surface area contributed by atoms with E-state index in [1.54, 1.807) is 12.1 Å². The minimum absolute atomic E-state index is 0.142. The SMILES string of the molecule is CC(C)(C)OC(=O)N1CCCC1C(=O)NCCc1ccc(O)cc1. The van der Waals surface area contributed by atoms with E-state index in [1.807, 2.05) is 32.9 Å². The fraction of sp³-hybridized carbons (Fsp3) is 0.556. The molecule has 2 N–H and O–H groups in total. The standard InChI is InChI=1S/C18H26N2O4/c1-18(2,3)24-17(23)20-12-4-5-15(20)16(22)19-11-10-13-6-8-14(21)9-7-13/h6-9,15,21H,4-5,10-12H2,1-3H3,(H,19,22). The summed E-state index contributed by atoms with van der Waals surface area (Å²) >= 11 is 0. The molecule has 0 aromatic heterocycles. The van der Waals surface area contributed by atoms with E-state index < -0.39 is 17.7 Å². The Kier molecular flexibility index (Phi) is 5.70. The summed E-state index contributed by atoms with van der Waals surface area (Å²) in [5.41, 5.74) is 0.461. The van der Waals surface area contributed by atoms with Gasteiger partial charge in [0, 0.05) is 13.1 Å². The van der Waals surface area contributed by atoms with Crippen LogP contribution in [0.5, 0.6) is 5.75 Å². The van der Waals surface area contributed by atoms with Gasteiger partial charge in [-0.3, -0.25) is 9.69 Å². The largest absolute Gasteiger partial charge is 0.508 e. The highest BCUT2D eigenvalue weighted by atomic mass is 16.6. The quantitative estimate of drug-likeness (QED) is 0.886. The number of benzene rings is 1. The van der Waals surface area contributed by atoms with E-state index in [2.05, 4.69) is 5.32 Å². The molecule has 0 aliphatic carbocycles. The molecule has 1 aliphatic heterocycles. The van der Waals surface area contributed by atoms with Crippen molar-refractivity contribution in [2.24, 2.45) is 0 Å². The van der Waals surface area contributed by atoms with Gasteiger partial charge < -0.3 is 15.2 Å². The molecule has 132 valence electrons. The van der Waals surface area contributed by atoms with Gasteiger partial charge in [0.15, 0.2) is 0 Å². The summed E-state index contributed by atoms with van der Waals surface area (Å²) in [6.07, 6.45) is 1.70. The van der Waals surface area contributed by atoms with Gasteiger partial charge in [0.05, 0.1) is 0 Å². The van der Waals surface area contributed by atoms with E-state index in [1.165, 1.54) is 4.90 Å². The number of hydrogen-bond acceptors (Lipinski definition) is 4. The fourth-order valence-electron chi connectivity index (χ4n) is 2.69. The number of aromatic hydroxyl groups is 1. The van der Waals surface area contributed by atoms with Crippen LogP contribution in [0.1, 0.15) is 39.2 Å². The second-order valence-corrected chi connectivity index (χ2v) is 7.04. The molecule has 6 heteroatoms. The molecular formula is C18H26N2O4. The van der Waals surface area contributed by atoms with Crippen LogP contribution in [0.25, 0.3) is 0 Å².